The van der Waals surface area contributed by atoms with Gasteiger partial charge in [0.1, 0.15) is 11.5 Å². The Balaban J connectivity index is 2.12. The number of benzene rings is 2. The molecule has 0 spiro atoms. The number of halogens is 1. The highest BCUT2D eigenvalue weighted by Gasteiger charge is 2.28. The summed E-state index contributed by atoms with van der Waals surface area (Å²) in [6, 6.07) is 15.6. The van der Waals surface area contributed by atoms with E-state index in [1.165, 1.54) is 13.2 Å². The van der Waals surface area contributed by atoms with Gasteiger partial charge in [0.25, 0.3) is 5.91 Å². The average molecular weight is 496 g/mol. The summed E-state index contributed by atoms with van der Waals surface area (Å²) < 4.78 is 48.0. The highest BCUT2D eigenvalue weighted by atomic mass is 32.2. The van der Waals surface area contributed by atoms with Gasteiger partial charge >= 0.3 is 0 Å². The summed E-state index contributed by atoms with van der Waals surface area (Å²) in [5, 5.41) is 0.711. The number of aryl methyl sites for hydroxylation is 2. The third kappa shape index (κ3) is 4.90. The van der Waals surface area contributed by atoms with E-state index in [-0.39, 0.29) is 12.2 Å². The predicted molar refractivity (Wildman–Crippen MR) is 134 cm³/mol. The van der Waals surface area contributed by atoms with E-state index in [0.717, 1.165) is 23.9 Å². The number of amides is 1. The fourth-order valence-electron chi connectivity index (χ4n) is 4.19. The molecule has 9 heteroatoms. The van der Waals surface area contributed by atoms with Gasteiger partial charge in [-0.25, -0.2) is 22.5 Å². The molecule has 0 aliphatic heterocycles. The SMILES string of the molecule is CCc1ccc2c(c1)c(-c1ccc(C)nc1OC)c(C(=O)NS(C)(=O)=O)n2Cc1ccccc1F. The Kier molecular flexibility index (Phi) is 6.62. The number of carbonyl (C=O) groups excluding carboxylic acids is 1. The van der Waals surface area contributed by atoms with Gasteiger partial charge in [-0.2, -0.15) is 0 Å². The fourth-order valence-corrected chi connectivity index (χ4v) is 4.62. The number of sulfonamides is 1. The molecule has 7 nitrogen and oxygen atoms in total. The van der Waals surface area contributed by atoms with E-state index in [2.05, 4.69) is 9.71 Å². The zero-order valence-corrected chi connectivity index (χ0v) is 20.7. The summed E-state index contributed by atoms with van der Waals surface area (Å²) in [6.07, 6.45) is 1.67. The molecule has 0 radical (unpaired) electrons. The smallest absolute Gasteiger partial charge is 0.282 e. The molecular weight excluding hydrogens is 469 g/mol. The van der Waals surface area contributed by atoms with E-state index in [1.807, 2.05) is 32.0 Å². The van der Waals surface area contributed by atoms with Crippen LogP contribution in [0.5, 0.6) is 5.88 Å². The van der Waals surface area contributed by atoms with Crippen LogP contribution in [-0.2, 0) is 23.0 Å². The van der Waals surface area contributed by atoms with Gasteiger partial charge in [-0.05, 0) is 49.2 Å². The quantitative estimate of drug-likeness (QED) is 0.409. The van der Waals surface area contributed by atoms with Crippen LogP contribution in [0.25, 0.3) is 22.0 Å². The number of carbonyl (C=O) groups is 1. The summed E-state index contributed by atoms with van der Waals surface area (Å²) in [4.78, 5) is 17.9. The molecule has 0 saturated carbocycles. The van der Waals surface area contributed by atoms with Crippen molar-refractivity contribution in [2.45, 2.75) is 26.8 Å². The van der Waals surface area contributed by atoms with E-state index in [4.69, 9.17) is 4.74 Å². The molecule has 4 aromatic rings. The molecule has 0 aliphatic carbocycles. The number of methoxy groups -OCH3 is 1. The fraction of sp³-hybridized carbons (Fsp3) is 0.231. The first-order valence-corrected chi connectivity index (χ1v) is 12.9. The largest absolute Gasteiger partial charge is 0.481 e. The second kappa shape index (κ2) is 9.50. The van der Waals surface area contributed by atoms with E-state index in [9.17, 15) is 17.6 Å². The van der Waals surface area contributed by atoms with Gasteiger partial charge in [0.15, 0.2) is 0 Å². The number of nitrogens with one attached hydrogen (secondary N) is 1. The van der Waals surface area contributed by atoms with Gasteiger partial charge in [-0.15, -0.1) is 0 Å². The minimum absolute atomic E-state index is 0.0166. The van der Waals surface area contributed by atoms with Gasteiger partial charge in [0.05, 0.1) is 19.9 Å². The van der Waals surface area contributed by atoms with Crippen LogP contribution < -0.4 is 9.46 Å². The van der Waals surface area contributed by atoms with Crippen LogP contribution in [0.4, 0.5) is 4.39 Å². The van der Waals surface area contributed by atoms with E-state index in [0.29, 0.717) is 33.5 Å². The molecule has 0 aliphatic rings. The van der Waals surface area contributed by atoms with Gasteiger partial charge in [-0.3, -0.25) is 4.79 Å². The third-order valence-electron chi connectivity index (χ3n) is 5.78. The molecule has 2 aromatic carbocycles. The molecule has 0 saturated heterocycles. The summed E-state index contributed by atoms with van der Waals surface area (Å²) in [5.41, 5.74) is 3.83. The summed E-state index contributed by atoms with van der Waals surface area (Å²) in [7, 11) is -2.39. The molecule has 0 atom stereocenters. The Labute approximate surface area is 203 Å². The number of hydrogen-bond acceptors (Lipinski definition) is 5. The van der Waals surface area contributed by atoms with Gasteiger partial charge in [0, 0.05) is 33.3 Å². The lowest BCUT2D eigenvalue weighted by atomic mass is 10.00. The van der Waals surface area contributed by atoms with Crippen LogP contribution in [0.3, 0.4) is 0 Å². The van der Waals surface area contributed by atoms with Crippen LogP contribution in [-0.4, -0.2) is 37.2 Å². The van der Waals surface area contributed by atoms with Crippen molar-refractivity contribution in [3.05, 3.63) is 82.9 Å². The van der Waals surface area contributed by atoms with Crippen molar-refractivity contribution in [1.29, 1.82) is 0 Å². The number of rotatable bonds is 7. The molecule has 0 bridgehead atoms. The van der Waals surface area contributed by atoms with Gasteiger partial charge < -0.3 is 9.30 Å². The minimum atomic E-state index is -3.87. The minimum Gasteiger partial charge on any atom is -0.481 e. The van der Waals surface area contributed by atoms with Gasteiger partial charge in [-0.1, -0.05) is 31.2 Å². The predicted octanol–water partition coefficient (Wildman–Crippen LogP) is 4.46. The molecule has 2 heterocycles. The Hall–Kier alpha value is -3.72. The van der Waals surface area contributed by atoms with Crippen molar-refractivity contribution in [3.63, 3.8) is 0 Å². The van der Waals surface area contributed by atoms with Gasteiger partial charge in [0.2, 0.25) is 15.9 Å². The zero-order valence-electron chi connectivity index (χ0n) is 19.9. The van der Waals surface area contributed by atoms with Crippen molar-refractivity contribution in [3.8, 4) is 17.0 Å². The molecule has 4 rings (SSSR count). The first kappa shape index (κ1) is 24.4. The standard InChI is InChI=1S/C26H26FN3O4S/c1-5-17-11-13-22-20(14-17)23(19-12-10-16(2)28-26(19)34-3)24(25(31)29-35(4,32)33)30(22)15-18-8-6-7-9-21(18)27/h6-14H,5,15H2,1-4H3,(H,29,31). The number of hydrogen-bond donors (Lipinski definition) is 1. The number of nitrogens with zero attached hydrogens (tertiary/aromatic N) is 2. The maximum atomic E-state index is 14.7. The second-order valence-electron chi connectivity index (χ2n) is 8.32. The Morgan fingerprint density at radius 1 is 1.14 bits per heavy atom. The molecule has 0 unspecified atom stereocenters. The van der Waals surface area contributed by atoms with Crippen LogP contribution in [0.1, 0.15) is 34.2 Å². The second-order valence-corrected chi connectivity index (χ2v) is 10.1. The first-order chi connectivity index (χ1) is 16.6. The highest BCUT2D eigenvalue weighted by molar-refractivity contribution is 7.89. The Bertz CT molecular complexity index is 1540. The number of ether oxygens (including phenoxy) is 1. The zero-order chi connectivity index (χ0) is 25.3. The van der Waals surface area contributed by atoms with Crippen molar-refractivity contribution >= 4 is 26.8 Å². The lowest BCUT2D eigenvalue weighted by Crippen LogP contribution is -2.31. The van der Waals surface area contributed by atoms with Crippen LogP contribution in [0, 0.1) is 12.7 Å². The van der Waals surface area contributed by atoms with Crippen molar-refractivity contribution < 1.29 is 22.3 Å². The van der Waals surface area contributed by atoms with Crippen molar-refractivity contribution in [1.82, 2.24) is 14.3 Å². The van der Waals surface area contributed by atoms with Crippen LogP contribution >= 0.6 is 0 Å². The van der Waals surface area contributed by atoms with Crippen LogP contribution in [0.2, 0.25) is 0 Å². The molecule has 1 amide bonds. The molecule has 0 fully saturated rings. The maximum absolute atomic E-state index is 14.7. The summed E-state index contributed by atoms with van der Waals surface area (Å²) in [5.74, 6) is -0.953. The molecule has 2 aromatic heterocycles. The molecule has 1 N–H and O–H groups in total. The van der Waals surface area contributed by atoms with E-state index in [1.54, 1.807) is 34.9 Å². The first-order valence-electron chi connectivity index (χ1n) is 11.1. The Morgan fingerprint density at radius 3 is 2.54 bits per heavy atom. The van der Waals surface area contributed by atoms with Crippen LogP contribution in [0.15, 0.2) is 54.6 Å². The van der Waals surface area contributed by atoms with Crippen molar-refractivity contribution in [2.24, 2.45) is 0 Å². The Morgan fingerprint density at radius 2 is 1.89 bits per heavy atom. The monoisotopic (exact) mass is 495 g/mol. The van der Waals surface area contributed by atoms with Crippen molar-refractivity contribution in [2.75, 3.05) is 13.4 Å². The lowest BCUT2D eigenvalue weighted by Gasteiger charge is -2.14. The molecular formula is C26H26FN3O4S. The number of fused-ring (bicyclic) bond motifs is 1. The normalized spacial score (nSPS) is 11.6. The summed E-state index contributed by atoms with van der Waals surface area (Å²) in [6.45, 7) is 3.85. The average Bonchev–Trinajstić information content (AvgIpc) is 3.12. The van der Waals surface area contributed by atoms with E-state index < -0.39 is 21.7 Å². The topological polar surface area (TPSA) is 90.3 Å². The maximum Gasteiger partial charge on any atom is 0.282 e. The lowest BCUT2D eigenvalue weighted by molar-refractivity contribution is 0.0974. The van der Waals surface area contributed by atoms with E-state index >= 15 is 0 Å². The summed E-state index contributed by atoms with van der Waals surface area (Å²) >= 11 is 0. The molecule has 182 valence electrons. The number of aromatic nitrogens is 2. The highest BCUT2D eigenvalue weighted by Crippen LogP contribution is 2.40. The molecule has 35 heavy (non-hydrogen) atoms. The third-order valence-corrected chi connectivity index (χ3v) is 6.33. The number of pyridine rings is 1.